The molecule has 0 fully saturated rings. The molecule has 8 bridgehead atoms. The molecular formula is C26H14FeN8O8. The maximum Gasteiger partial charge on any atom is 0.338 e. The first-order valence-corrected chi connectivity index (χ1v) is 12.0. The van der Waals surface area contributed by atoms with Crippen molar-refractivity contribution in [2.24, 2.45) is 0 Å². The summed E-state index contributed by atoms with van der Waals surface area (Å²) in [5.41, 5.74) is -4.20. The predicted molar refractivity (Wildman–Crippen MR) is 150 cm³/mol. The molecule has 4 aromatic rings. The normalized spacial score (nSPS) is 11.9. The van der Waals surface area contributed by atoms with Gasteiger partial charge in [0.1, 0.15) is 5.52 Å². The summed E-state index contributed by atoms with van der Waals surface area (Å²) in [6, 6.07) is 15.1. The van der Waals surface area contributed by atoms with E-state index in [0.29, 0.717) is 16.7 Å². The SMILES string of the molecule is O=[N+]([O-])C1=Cc2cc3ccc(cc4nc(cc5c(-c6ccccc6)c([N+](=O)[O-])c(c([N+](=O)[O-])c1n2)n5[N+](=O)[O-])C=C4)[nH]3.[Fe]. The molecule has 17 heteroatoms. The topological polar surface area (TPSA) is 219 Å². The Morgan fingerprint density at radius 3 is 1.88 bits per heavy atom. The van der Waals surface area contributed by atoms with Gasteiger partial charge in [0.15, 0.2) is 5.03 Å². The Balaban J connectivity index is 0.00000368. The smallest absolute Gasteiger partial charge is 0.338 e. The summed E-state index contributed by atoms with van der Waals surface area (Å²) in [6.07, 6.45) is 4.08. The van der Waals surface area contributed by atoms with Gasteiger partial charge in [-0.15, -0.1) is 0 Å². The molecule has 214 valence electrons. The van der Waals surface area contributed by atoms with Crippen molar-refractivity contribution < 1.29 is 36.9 Å². The van der Waals surface area contributed by atoms with Crippen LogP contribution in [0.1, 0.15) is 22.8 Å². The zero-order valence-corrected chi connectivity index (χ0v) is 22.4. The molecule has 0 radical (unpaired) electrons. The van der Waals surface area contributed by atoms with E-state index in [1.807, 2.05) is 0 Å². The van der Waals surface area contributed by atoms with E-state index < -0.39 is 53.6 Å². The molecule has 16 nitrogen and oxygen atoms in total. The number of H-pyrrole nitrogens is 1. The molecule has 0 spiro atoms. The number of nitrogens with one attached hydrogen (secondary N) is 1. The molecule has 1 aromatic carbocycles. The predicted octanol–water partition coefficient (Wildman–Crippen LogP) is 5.25. The van der Waals surface area contributed by atoms with Crippen molar-refractivity contribution in [3.05, 3.63) is 124 Å². The van der Waals surface area contributed by atoms with Crippen LogP contribution in [0, 0.1) is 40.5 Å². The summed E-state index contributed by atoms with van der Waals surface area (Å²) in [7, 11) is 0. The van der Waals surface area contributed by atoms with Crippen molar-refractivity contribution in [1.82, 2.24) is 19.6 Å². The number of hydrogen-bond donors (Lipinski definition) is 1. The van der Waals surface area contributed by atoms with Crippen LogP contribution in [0.15, 0.2) is 60.7 Å². The van der Waals surface area contributed by atoms with Gasteiger partial charge in [-0.05, 0) is 52.7 Å². The maximum atomic E-state index is 12.6. The maximum absolute atomic E-state index is 12.6. The van der Waals surface area contributed by atoms with Gasteiger partial charge in [0, 0.05) is 34.2 Å². The third-order valence-corrected chi connectivity index (χ3v) is 6.47. The number of aromatic nitrogens is 4. The first-order valence-electron chi connectivity index (χ1n) is 12.0. The van der Waals surface area contributed by atoms with Gasteiger partial charge in [-0.1, -0.05) is 30.3 Å². The number of nitro groups is 4. The molecule has 0 atom stereocenters. The van der Waals surface area contributed by atoms with Crippen molar-refractivity contribution in [1.29, 1.82) is 0 Å². The second-order valence-electron chi connectivity index (χ2n) is 9.00. The van der Waals surface area contributed by atoms with Crippen LogP contribution in [0.5, 0.6) is 0 Å². The minimum atomic E-state index is -1.29. The quantitative estimate of drug-likeness (QED) is 0.152. The van der Waals surface area contributed by atoms with Gasteiger partial charge in [-0.25, -0.2) is 20.1 Å². The third-order valence-electron chi connectivity index (χ3n) is 6.47. The molecule has 5 heterocycles. The molecule has 0 saturated carbocycles. The van der Waals surface area contributed by atoms with Gasteiger partial charge in [-0.2, -0.15) is 0 Å². The van der Waals surface area contributed by atoms with Crippen molar-refractivity contribution in [2.75, 3.05) is 0 Å². The minimum absolute atomic E-state index is 0. The summed E-state index contributed by atoms with van der Waals surface area (Å²) in [6.45, 7) is 0. The zero-order valence-electron chi connectivity index (χ0n) is 21.3. The second-order valence-corrected chi connectivity index (χ2v) is 9.00. The van der Waals surface area contributed by atoms with Gasteiger partial charge in [0.05, 0.1) is 37.4 Å². The summed E-state index contributed by atoms with van der Waals surface area (Å²) < 4.78 is 0.181. The van der Waals surface area contributed by atoms with Crippen LogP contribution in [-0.4, -0.2) is 39.4 Å². The van der Waals surface area contributed by atoms with Crippen LogP contribution in [0.3, 0.4) is 0 Å². The molecule has 0 aliphatic carbocycles. The summed E-state index contributed by atoms with van der Waals surface area (Å²) >= 11 is 0. The number of fused-ring (bicyclic) bond motifs is 8. The van der Waals surface area contributed by atoms with E-state index >= 15 is 0 Å². The van der Waals surface area contributed by atoms with Crippen molar-refractivity contribution in [3.8, 4) is 11.1 Å². The fourth-order valence-electron chi connectivity index (χ4n) is 4.86. The Labute approximate surface area is 248 Å². The van der Waals surface area contributed by atoms with Crippen LogP contribution in [0.2, 0.25) is 0 Å². The Bertz CT molecular complexity index is 2120. The number of nitrogens with zero attached hydrogens (tertiary/aromatic N) is 7. The van der Waals surface area contributed by atoms with Gasteiger partial charge >= 0.3 is 17.1 Å². The average Bonchev–Trinajstić information content (AvgIpc) is 3.71. The van der Waals surface area contributed by atoms with Gasteiger partial charge in [0.25, 0.3) is 5.52 Å². The van der Waals surface area contributed by atoms with E-state index in [0.717, 1.165) is 6.08 Å². The molecule has 6 rings (SSSR count). The largest absolute Gasteiger partial charge is 0.355 e. The summed E-state index contributed by atoms with van der Waals surface area (Å²) in [4.78, 5) is 58.2. The van der Waals surface area contributed by atoms with E-state index in [1.165, 1.54) is 42.5 Å². The zero-order chi connectivity index (χ0) is 29.7. The first-order chi connectivity index (χ1) is 20.1. The number of rotatable bonds is 5. The molecule has 2 aliphatic rings. The Kier molecular flexibility index (Phi) is 7.10. The van der Waals surface area contributed by atoms with E-state index in [-0.39, 0.29) is 44.3 Å². The van der Waals surface area contributed by atoms with E-state index in [9.17, 15) is 40.5 Å². The summed E-state index contributed by atoms with van der Waals surface area (Å²) in [5, 5.41) is 48.7. The van der Waals surface area contributed by atoms with Crippen LogP contribution >= 0.6 is 0 Å². The van der Waals surface area contributed by atoms with Crippen molar-refractivity contribution in [2.45, 2.75) is 0 Å². The molecule has 43 heavy (non-hydrogen) atoms. The fourth-order valence-corrected chi connectivity index (χ4v) is 4.86. The van der Waals surface area contributed by atoms with Crippen molar-refractivity contribution >= 4 is 57.4 Å². The number of hydrogen-bond acceptors (Lipinski definition) is 10. The minimum Gasteiger partial charge on any atom is -0.355 e. The van der Waals surface area contributed by atoms with Gasteiger partial charge in [0.2, 0.25) is 5.69 Å². The van der Waals surface area contributed by atoms with Crippen LogP contribution in [-0.2, 0) is 17.1 Å². The molecule has 1 N–H and O–H groups in total. The van der Waals surface area contributed by atoms with Crippen LogP contribution in [0.4, 0.5) is 11.4 Å². The molecule has 0 unspecified atom stereocenters. The third kappa shape index (κ3) is 4.90. The van der Waals surface area contributed by atoms with Crippen molar-refractivity contribution in [3.63, 3.8) is 0 Å². The van der Waals surface area contributed by atoms with Gasteiger partial charge < -0.3 is 4.98 Å². The van der Waals surface area contributed by atoms with Crippen LogP contribution in [0.25, 0.3) is 57.1 Å². The van der Waals surface area contributed by atoms with E-state index in [1.54, 1.807) is 30.3 Å². The molecular weight excluding hydrogens is 608 g/mol. The molecule has 3 aromatic heterocycles. The van der Waals surface area contributed by atoms with Crippen LogP contribution < -0.4 is 0 Å². The Hall–Kier alpha value is -6.06. The van der Waals surface area contributed by atoms with E-state index in [4.69, 9.17) is 0 Å². The number of aromatic amines is 1. The Morgan fingerprint density at radius 2 is 1.30 bits per heavy atom. The monoisotopic (exact) mass is 622 g/mol. The fraction of sp³-hybridized carbons (Fsp3) is 0. The Morgan fingerprint density at radius 1 is 0.698 bits per heavy atom. The average molecular weight is 622 g/mol. The molecule has 0 saturated heterocycles. The first kappa shape index (κ1) is 28.5. The van der Waals surface area contributed by atoms with Gasteiger partial charge in [-0.3, -0.25) is 30.3 Å². The number of benzene rings is 1. The summed E-state index contributed by atoms with van der Waals surface area (Å²) in [5.74, 6) is 0. The standard InChI is InChI=1S/C26H14N8O8.Fe/c35-31(36)21-13-19-11-17-7-6-15(27-17)10-16-8-9-18(28-16)12-20-22(14-4-2-1-3-5-14)24(32(37)38)26(30(20)34(41)42)25(33(39)40)23(21)29-19;/h1-13,27H;. The second kappa shape index (κ2) is 10.7. The van der Waals surface area contributed by atoms with E-state index in [2.05, 4.69) is 15.0 Å². The molecule has 0 amide bonds. The molecule has 2 aliphatic heterocycles.